The number of anilines is 1. The summed E-state index contributed by atoms with van der Waals surface area (Å²) in [6, 6.07) is 8.97. The van der Waals surface area contributed by atoms with E-state index in [1.807, 2.05) is 13.8 Å². The molecule has 0 radical (unpaired) electrons. The van der Waals surface area contributed by atoms with Crippen LogP contribution in [0.5, 0.6) is 11.5 Å². The number of ether oxygens (including phenoxy) is 1. The minimum atomic E-state index is -4.56. The molecular weight excluding hydrogens is 473 g/mol. The maximum absolute atomic E-state index is 13.5. The molecule has 0 spiro atoms. The average Bonchev–Trinajstić information content (AvgIpc) is 2.77. The molecule has 4 rings (SSSR count). The van der Waals surface area contributed by atoms with E-state index in [9.17, 15) is 27.9 Å². The summed E-state index contributed by atoms with van der Waals surface area (Å²) in [5.41, 5.74) is 1.18. The zero-order chi connectivity index (χ0) is 26.4. The molecule has 0 saturated heterocycles. The molecule has 1 atom stereocenters. The van der Waals surface area contributed by atoms with Gasteiger partial charge in [0.15, 0.2) is 17.3 Å². The Morgan fingerprint density at radius 2 is 1.89 bits per heavy atom. The van der Waals surface area contributed by atoms with Crippen LogP contribution in [-0.4, -0.2) is 23.9 Å². The van der Waals surface area contributed by atoms with Crippen LogP contribution >= 0.6 is 0 Å². The van der Waals surface area contributed by atoms with Crippen molar-refractivity contribution in [3.05, 3.63) is 76.1 Å². The Kier molecular flexibility index (Phi) is 6.36. The van der Waals surface area contributed by atoms with Crippen LogP contribution in [0.25, 0.3) is 0 Å². The Bertz CT molecular complexity index is 1310. The lowest BCUT2D eigenvalue weighted by Gasteiger charge is -2.39. The molecule has 0 bridgehead atoms. The van der Waals surface area contributed by atoms with E-state index in [0.717, 1.165) is 12.1 Å². The summed E-state index contributed by atoms with van der Waals surface area (Å²) in [5, 5.41) is 15.9. The normalized spacial score (nSPS) is 19.5. The molecule has 0 aromatic heterocycles. The summed E-state index contributed by atoms with van der Waals surface area (Å²) in [4.78, 5) is 26.9. The lowest BCUT2D eigenvalue weighted by molar-refractivity contribution is -0.137. The molecule has 1 aliphatic carbocycles. The Balaban J connectivity index is 1.81. The number of hydrogen-bond donors (Lipinski definition) is 3. The number of benzene rings is 2. The van der Waals surface area contributed by atoms with Crippen molar-refractivity contribution < 1.29 is 32.6 Å². The van der Waals surface area contributed by atoms with E-state index in [4.69, 9.17) is 4.74 Å². The molecule has 3 N–H and O–H groups in total. The SMILES string of the molecule is COc1cc(C2C(C(=O)Nc3cccc(C(F)(F)F)c3)=C(C)NC3=C2C(=O)CC(C)(C)C3)ccc1O. The van der Waals surface area contributed by atoms with E-state index in [2.05, 4.69) is 10.6 Å². The monoisotopic (exact) mass is 500 g/mol. The van der Waals surface area contributed by atoms with Crippen molar-refractivity contribution in [2.24, 2.45) is 5.41 Å². The summed E-state index contributed by atoms with van der Waals surface area (Å²) in [6.45, 7) is 5.68. The number of hydrogen-bond acceptors (Lipinski definition) is 5. The summed E-state index contributed by atoms with van der Waals surface area (Å²) in [5.74, 6) is -1.49. The van der Waals surface area contributed by atoms with Crippen molar-refractivity contribution in [1.29, 1.82) is 0 Å². The number of rotatable bonds is 4. The number of aromatic hydroxyl groups is 1. The number of allylic oxidation sites excluding steroid dienone is 3. The number of carbonyl (C=O) groups excluding carboxylic acids is 2. The van der Waals surface area contributed by atoms with E-state index in [1.165, 1.54) is 25.3 Å². The highest BCUT2D eigenvalue weighted by Crippen LogP contribution is 2.47. The van der Waals surface area contributed by atoms with Crippen molar-refractivity contribution in [1.82, 2.24) is 5.32 Å². The maximum atomic E-state index is 13.5. The van der Waals surface area contributed by atoms with Crippen LogP contribution in [0.2, 0.25) is 0 Å². The fourth-order valence-electron chi connectivity index (χ4n) is 4.92. The molecule has 6 nitrogen and oxygen atoms in total. The number of carbonyl (C=O) groups is 2. The molecule has 1 heterocycles. The van der Waals surface area contributed by atoms with Gasteiger partial charge in [-0.05, 0) is 54.7 Å². The van der Waals surface area contributed by atoms with Crippen LogP contribution in [0.4, 0.5) is 18.9 Å². The average molecular weight is 501 g/mol. The minimum absolute atomic E-state index is 0.0203. The van der Waals surface area contributed by atoms with Gasteiger partial charge in [-0.1, -0.05) is 26.0 Å². The first-order valence-electron chi connectivity index (χ1n) is 11.4. The molecule has 1 aliphatic heterocycles. The number of ketones is 1. The summed E-state index contributed by atoms with van der Waals surface area (Å²) >= 11 is 0. The van der Waals surface area contributed by atoms with Gasteiger partial charge in [0.25, 0.3) is 5.91 Å². The molecule has 0 saturated carbocycles. The van der Waals surface area contributed by atoms with Gasteiger partial charge >= 0.3 is 6.18 Å². The quantitative estimate of drug-likeness (QED) is 0.504. The predicted molar refractivity (Wildman–Crippen MR) is 128 cm³/mol. The second-order valence-corrected chi connectivity index (χ2v) is 9.89. The molecule has 1 unspecified atom stereocenters. The van der Waals surface area contributed by atoms with Gasteiger partial charge in [-0.2, -0.15) is 13.2 Å². The Labute approximate surface area is 206 Å². The van der Waals surface area contributed by atoms with Gasteiger partial charge in [-0.15, -0.1) is 0 Å². The number of halogens is 3. The van der Waals surface area contributed by atoms with Crippen LogP contribution in [0.15, 0.2) is 65.0 Å². The molecule has 0 fully saturated rings. The number of phenolic OH excluding ortho intramolecular Hbond substituents is 1. The van der Waals surface area contributed by atoms with E-state index in [-0.39, 0.29) is 40.4 Å². The van der Waals surface area contributed by atoms with Crippen LogP contribution in [0.1, 0.15) is 50.7 Å². The van der Waals surface area contributed by atoms with Gasteiger partial charge in [0, 0.05) is 40.6 Å². The van der Waals surface area contributed by atoms with Crippen LogP contribution in [0, 0.1) is 5.41 Å². The first kappa shape index (κ1) is 25.3. The third-order valence-electron chi connectivity index (χ3n) is 6.47. The fraction of sp³-hybridized carbons (Fsp3) is 0.333. The van der Waals surface area contributed by atoms with Crippen LogP contribution in [0.3, 0.4) is 0 Å². The van der Waals surface area contributed by atoms with Crippen molar-refractivity contribution in [2.75, 3.05) is 12.4 Å². The first-order chi connectivity index (χ1) is 16.8. The molecule has 9 heteroatoms. The summed E-state index contributed by atoms with van der Waals surface area (Å²) in [7, 11) is 1.39. The van der Waals surface area contributed by atoms with Crippen molar-refractivity contribution in [3.8, 4) is 11.5 Å². The van der Waals surface area contributed by atoms with E-state index in [1.54, 1.807) is 19.1 Å². The summed E-state index contributed by atoms with van der Waals surface area (Å²) in [6.07, 6.45) is -3.70. The molecule has 2 aromatic rings. The number of dihydropyridines is 1. The van der Waals surface area contributed by atoms with Crippen LogP contribution < -0.4 is 15.4 Å². The van der Waals surface area contributed by atoms with E-state index < -0.39 is 23.6 Å². The Morgan fingerprint density at radius 1 is 1.17 bits per heavy atom. The highest BCUT2D eigenvalue weighted by Gasteiger charge is 2.43. The molecule has 190 valence electrons. The Morgan fingerprint density at radius 3 is 2.56 bits per heavy atom. The number of nitrogens with one attached hydrogen (secondary N) is 2. The van der Waals surface area contributed by atoms with E-state index >= 15 is 0 Å². The highest BCUT2D eigenvalue weighted by atomic mass is 19.4. The number of Topliss-reactive ketones (excluding diaryl/α,β-unsaturated/α-hetero) is 1. The molecule has 1 amide bonds. The zero-order valence-corrected chi connectivity index (χ0v) is 20.3. The lowest BCUT2D eigenvalue weighted by Crippen LogP contribution is -2.39. The van der Waals surface area contributed by atoms with Gasteiger partial charge in [0.2, 0.25) is 0 Å². The largest absolute Gasteiger partial charge is 0.504 e. The van der Waals surface area contributed by atoms with Gasteiger partial charge < -0.3 is 20.5 Å². The smallest absolute Gasteiger partial charge is 0.416 e. The number of phenols is 1. The minimum Gasteiger partial charge on any atom is -0.504 e. The molecule has 2 aromatic carbocycles. The van der Waals surface area contributed by atoms with Gasteiger partial charge in [0.05, 0.1) is 12.7 Å². The van der Waals surface area contributed by atoms with Gasteiger partial charge in [-0.25, -0.2) is 0 Å². The summed E-state index contributed by atoms with van der Waals surface area (Å²) < 4.78 is 44.8. The maximum Gasteiger partial charge on any atom is 0.416 e. The van der Waals surface area contributed by atoms with Gasteiger partial charge in [-0.3, -0.25) is 9.59 Å². The molecular formula is C27H27F3N2O4. The number of methoxy groups -OCH3 is 1. The second-order valence-electron chi connectivity index (χ2n) is 9.89. The van der Waals surface area contributed by atoms with Crippen molar-refractivity contribution >= 4 is 17.4 Å². The van der Waals surface area contributed by atoms with Crippen molar-refractivity contribution in [2.45, 2.75) is 45.7 Å². The number of alkyl halides is 3. The third-order valence-corrected chi connectivity index (χ3v) is 6.47. The fourth-order valence-corrected chi connectivity index (χ4v) is 4.92. The first-order valence-corrected chi connectivity index (χ1v) is 11.4. The standard InChI is InChI=1S/C27H27F3N2O4/c1-14-22(25(35)32-17-7-5-6-16(11-17)27(28,29)30)23(15-8-9-19(33)21(10-15)36-4)24-18(31-14)12-26(2,3)13-20(24)34/h5-11,23,31,33H,12-13H2,1-4H3,(H,32,35). The van der Waals surface area contributed by atoms with Crippen molar-refractivity contribution in [3.63, 3.8) is 0 Å². The molecule has 2 aliphatic rings. The number of amides is 1. The second kappa shape index (κ2) is 9.04. The van der Waals surface area contributed by atoms with E-state index in [0.29, 0.717) is 29.0 Å². The predicted octanol–water partition coefficient (Wildman–Crippen LogP) is 5.66. The highest BCUT2D eigenvalue weighted by molar-refractivity contribution is 6.10. The molecule has 36 heavy (non-hydrogen) atoms. The lowest BCUT2D eigenvalue weighted by atomic mass is 9.68. The van der Waals surface area contributed by atoms with Crippen LogP contribution in [-0.2, 0) is 15.8 Å². The zero-order valence-electron chi connectivity index (χ0n) is 20.3. The topological polar surface area (TPSA) is 87.7 Å². The van der Waals surface area contributed by atoms with Gasteiger partial charge in [0.1, 0.15) is 0 Å². The third kappa shape index (κ3) is 4.82. The Hall–Kier alpha value is -3.75.